The summed E-state index contributed by atoms with van der Waals surface area (Å²) in [6.07, 6.45) is 6.50. The van der Waals surface area contributed by atoms with E-state index < -0.39 is 0 Å². The SMILES string of the molecule is Cc1cc(Nc2ncnc3cnc(Cl)cc23)ccc1Oc1cccnc1. The highest BCUT2D eigenvalue weighted by Gasteiger charge is 2.08. The second-order valence-electron chi connectivity index (χ2n) is 5.64. The first-order valence-electron chi connectivity index (χ1n) is 7.91. The van der Waals surface area contributed by atoms with Crippen LogP contribution in [0.25, 0.3) is 10.9 Å². The van der Waals surface area contributed by atoms with E-state index in [9.17, 15) is 0 Å². The Morgan fingerprint density at radius 1 is 1.04 bits per heavy atom. The van der Waals surface area contributed by atoms with E-state index in [0.29, 0.717) is 16.7 Å². The van der Waals surface area contributed by atoms with Crippen molar-refractivity contribution in [1.82, 2.24) is 19.9 Å². The number of rotatable bonds is 4. The minimum atomic E-state index is 0.395. The Hall–Kier alpha value is -3.25. The minimum Gasteiger partial charge on any atom is -0.455 e. The van der Waals surface area contributed by atoms with Gasteiger partial charge in [-0.15, -0.1) is 0 Å². The van der Waals surface area contributed by atoms with Crippen molar-refractivity contribution < 1.29 is 4.74 Å². The molecule has 1 N–H and O–H groups in total. The average Bonchev–Trinajstić information content (AvgIpc) is 2.65. The molecule has 0 spiro atoms. The molecule has 0 saturated heterocycles. The Bertz CT molecular complexity index is 1070. The van der Waals surface area contributed by atoms with Crippen molar-refractivity contribution in [3.8, 4) is 11.5 Å². The van der Waals surface area contributed by atoms with Crippen LogP contribution in [0, 0.1) is 6.92 Å². The second-order valence-corrected chi connectivity index (χ2v) is 6.03. The van der Waals surface area contributed by atoms with Crippen molar-refractivity contribution in [1.29, 1.82) is 0 Å². The number of hydrogen-bond donors (Lipinski definition) is 1. The lowest BCUT2D eigenvalue weighted by Gasteiger charge is -2.12. The Balaban J connectivity index is 1.62. The fourth-order valence-electron chi connectivity index (χ4n) is 2.55. The van der Waals surface area contributed by atoms with Gasteiger partial charge in [-0.25, -0.2) is 15.0 Å². The van der Waals surface area contributed by atoms with E-state index >= 15 is 0 Å². The van der Waals surface area contributed by atoms with E-state index in [-0.39, 0.29) is 0 Å². The zero-order chi connectivity index (χ0) is 17.9. The summed E-state index contributed by atoms with van der Waals surface area (Å²) in [5.74, 6) is 2.13. The predicted molar refractivity (Wildman–Crippen MR) is 101 cm³/mol. The lowest BCUT2D eigenvalue weighted by molar-refractivity contribution is 0.476. The molecule has 0 amide bonds. The Morgan fingerprint density at radius 3 is 2.77 bits per heavy atom. The van der Waals surface area contributed by atoms with Crippen LogP contribution in [0.2, 0.25) is 5.15 Å². The molecule has 0 saturated carbocycles. The normalized spacial score (nSPS) is 10.7. The molecule has 4 aromatic rings. The monoisotopic (exact) mass is 363 g/mol. The molecular weight excluding hydrogens is 350 g/mol. The van der Waals surface area contributed by atoms with Gasteiger partial charge < -0.3 is 10.1 Å². The number of nitrogens with one attached hydrogen (secondary N) is 1. The van der Waals surface area contributed by atoms with Crippen LogP contribution in [0.4, 0.5) is 11.5 Å². The van der Waals surface area contributed by atoms with E-state index in [0.717, 1.165) is 27.9 Å². The van der Waals surface area contributed by atoms with Gasteiger partial charge in [0.1, 0.15) is 28.8 Å². The number of fused-ring (bicyclic) bond motifs is 1. The number of pyridine rings is 2. The molecule has 0 aliphatic rings. The fourth-order valence-corrected chi connectivity index (χ4v) is 2.70. The molecule has 4 rings (SSSR count). The van der Waals surface area contributed by atoms with Gasteiger partial charge >= 0.3 is 0 Å². The number of hydrogen-bond acceptors (Lipinski definition) is 6. The van der Waals surface area contributed by atoms with Crippen LogP contribution in [0.5, 0.6) is 11.5 Å². The quantitative estimate of drug-likeness (QED) is 0.519. The van der Waals surface area contributed by atoms with Gasteiger partial charge in [-0.2, -0.15) is 0 Å². The number of nitrogens with zero attached hydrogens (tertiary/aromatic N) is 4. The van der Waals surface area contributed by atoms with Crippen LogP contribution in [-0.4, -0.2) is 19.9 Å². The lowest BCUT2D eigenvalue weighted by Crippen LogP contribution is -1.97. The molecular formula is C19H14ClN5O. The molecule has 3 aromatic heterocycles. The van der Waals surface area contributed by atoms with Gasteiger partial charge in [0.2, 0.25) is 0 Å². The fraction of sp³-hybridized carbons (Fsp3) is 0.0526. The molecule has 0 fully saturated rings. The third-order valence-corrected chi connectivity index (χ3v) is 3.99. The zero-order valence-electron chi connectivity index (χ0n) is 13.8. The van der Waals surface area contributed by atoms with Crippen molar-refractivity contribution in [2.24, 2.45) is 0 Å². The third kappa shape index (κ3) is 3.41. The first kappa shape index (κ1) is 16.2. The highest BCUT2D eigenvalue weighted by Crippen LogP contribution is 2.29. The highest BCUT2D eigenvalue weighted by atomic mass is 35.5. The minimum absolute atomic E-state index is 0.395. The van der Waals surface area contributed by atoms with Crippen LogP contribution in [0.3, 0.4) is 0 Å². The summed E-state index contributed by atoms with van der Waals surface area (Å²) in [6.45, 7) is 1.98. The van der Waals surface area contributed by atoms with Crippen molar-refractivity contribution in [2.75, 3.05) is 5.32 Å². The maximum Gasteiger partial charge on any atom is 0.145 e. The van der Waals surface area contributed by atoms with E-state index in [1.807, 2.05) is 37.3 Å². The summed E-state index contributed by atoms with van der Waals surface area (Å²) >= 11 is 6.00. The van der Waals surface area contributed by atoms with Crippen molar-refractivity contribution >= 4 is 34.0 Å². The van der Waals surface area contributed by atoms with Crippen LogP contribution < -0.4 is 10.1 Å². The number of aromatic nitrogens is 4. The smallest absolute Gasteiger partial charge is 0.145 e. The van der Waals surface area contributed by atoms with Gasteiger partial charge in [-0.1, -0.05) is 11.6 Å². The van der Waals surface area contributed by atoms with Gasteiger partial charge in [-0.3, -0.25) is 4.98 Å². The molecule has 0 bridgehead atoms. The molecule has 3 heterocycles. The van der Waals surface area contributed by atoms with Crippen LogP contribution in [0.15, 0.2) is 61.3 Å². The molecule has 26 heavy (non-hydrogen) atoms. The Labute approximate surface area is 154 Å². The van der Waals surface area contributed by atoms with E-state index in [1.165, 1.54) is 6.33 Å². The predicted octanol–water partition coefficient (Wildman–Crippen LogP) is 4.92. The first-order chi connectivity index (χ1) is 12.7. The number of ether oxygens (including phenoxy) is 1. The van der Waals surface area contributed by atoms with E-state index in [4.69, 9.17) is 16.3 Å². The summed E-state index contributed by atoms with van der Waals surface area (Å²) in [7, 11) is 0. The molecule has 0 aliphatic carbocycles. The van der Waals surface area contributed by atoms with E-state index in [2.05, 4.69) is 25.3 Å². The van der Waals surface area contributed by atoms with Crippen LogP contribution >= 0.6 is 11.6 Å². The molecule has 0 unspecified atom stereocenters. The average molecular weight is 364 g/mol. The Kier molecular flexibility index (Phi) is 4.33. The van der Waals surface area contributed by atoms with Crippen molar-refractivity contribution in [3.63, 3.8) is 0 Å². The number of benzene rings is 1. The summed E-state index contributed by atoms with van der Waals surface area (Å²) in [5.41, 5.74) is 2.59. The molecule has 0 aliphatic heterocycles. The molecule has 128 valence electrons. The largest absolute Gasteiger partial charge is 0.455 e. The Morgan fingerprint density at radius 2 is 1.96 bits per heavy atom. The van der Waals surface area contributed by atoms with Gasteiger partial charge in [0.05, 0.1) is 17.9 Å². The summed E-state index contributed by atoms with van der Waals surface area (Å²) in [4.78, 5) is 16.6. The van der Waals surface area contributed by atoms with Gasteiger partial charge in [0.15, 0.2) is 0 Å². The summed E-state index contributed by atoms with van der Waals surface area (Å²) in [6, 6.07) is 11.3. The van der Waals surface area contributed by atoms with Gasteiger partial charge in [0.25, 0.3) is 0 Å². The maximum absolute atomic E-state index is 6.00. The summed E-state index contributed by atoms with van der Waals surface area (Å²) in [5, 5.41) is 4.50. The maximum atomic E-state index is 6.00. The highest BCUT2D eigenvalue weighted by molar-refractivity contribution is 6.30. The van der Waals surface area contributed by atoms with Gasteiger partial charge in [0, 0.05) is 17.3 Å². The third-order valence-electron chi connectivity index (χ3n) is 3.79. The first-order valence-corrected chi connectivity index (χ1v) is 8.29. The lowest BCUT2D eigenvalue weighted by atomic mass is 10.2. The molecule has 0 atom stereocenters. The van der Waals surface area contributed by atoms with E-state index in [1.54, 1.807) is 24.7 Å². The molecule has 7 heteroatoms. The van der Waals surface area contributed by atoms with Crippen molar-refractivity contribution in [3.05, 3.63) is 72.0 Å². The number of anilines is 2. The standard InChI is InChI=1S/C19H14ClN5O/c1-12-7-13(4-5-17(12)26-14-3-2-6-21-9-14)25-19-15-8-18(20)22-10-16(15)23-11-24-19/h2-11H,1H3,(H,23,24,25). The second kappa shape index (κ2) is 6.93. The topological polar surface area (TPSA) is 72.8 Å². The summed E-state index contributed by atoms with van der Waals surface area (Å²) < 4.78 is 5.86. The number of aryl methyl sites for hydroxylation is 1. The van der Waals surface area contributed by atoms with Gasteiger partial charge in [-0.05, 0) is 48.9 Å². The van der Waals surface area contributed by atoms with Crippen LogP contribution in [-0.2, 0) is 0 Å². The van der Waals surface area contributed by atoms with Crippen molar-refractivity contribution in [2.45, 2.75) is 6.92 Å². The zero-order valence-corrected chi connectivity index (χ0v) is 14.6. The molecule has 1 aromatic carbocycles. The van der Waals surface area contributed by atoms with Crippen LogP contribution in [0.1, 0.15) is 5.56 Å². The molecule has 6 nitrogen and oxygen atoms in total. The molecule has 0 radical (unpaired) electrons. The number of halogens is 1.